The van der Waals surface area contributed by atoms with E-state index >= 15 is 0 Å². The maximum Gasteiger partial charge on any atom is 0.0713 e. The van der Waals surface area contributed by atoms with Crippen LogP contribution in [0.1, 0.15) is 33.4 Å². The van der Waals surface area contributed by atoms with E-state index in [9.17, 15) is 0 Å². The Morgan fingerprint density at radius 2 is 1.03 bits per heavy atom. The van der Waals surface area contributed by atoms with Crippen molar-refractivity contribution in [3.63, 3.8) is 0 Å². The normalized spacial score (nSPS) is 13.3. The first-order valence-corrected chi connectivity index (χ1v) is 13.9. The average Bonchev–Trinajstić information content (AvgIpc) is 3.24. The van der Waals surface area contributed by atoms with Gasteiger partial charge in [-0.3, -0.25) is 0 Å². The SMILES string of the molecule is Cc1ccc(C2(c3ccc(C)cc3)c3ccccc3-c3ccc(-c4cc5ccccc5cc4Br)cc32)cc1. The zero-order valence-electron chi connectivity index (χ0n) is 21.5. The number of benzene rings is 6. The molecule has 0 aliphatic heterocycles. The number of hydrogen-bond donors (Lipinski definition) is 0. The second-order valence-electron chi connectivity index (χ2n) is 10.5. The van der Waals surface area contributed by atoms with E-state index in [1.165, 1.54) is 66.4 Å². The van der Waals surface area contributed by atoms with Crippen molar-refractivity contribution in [2.45, 2.75) is 19.3 Å². The van der Waals surface area contributed by atoms with Gasteiger partial charge in [-0.25, -0.2) is 0 Å². The molecule has 0 aromatic heterocycles. The largest absolute Gasteiger partial charge is 0.0713 e. The Labute approximate surface area is 232 Å². The fraction of sp³-hybridized carbons (Fsp3) is 0.0811. The van der Waals surface area contributed by atoms with Crippen molar-refractivity contribution < 1.29 is 0 Å². The van der Waals surface area contributed by atoms with Crippen molar-refractivity contribution in [1.29, 1.82) is 0 Å². The van der Waals surface area contributed by atoms with Crippen molar-refractivity contribution in [2.75, 3.05) is 0 Å². The van der Waals surface area contributed by atoms with E-state index in [1.807, 2.05) is 0 Å². The molecule has 0 saturated carbocycles. The number of hydrogen-bond acceptors (Lipinski definition) is 0. The van der Waals surface area contributed by atoms with Crippen molar-refractivity contribution in [1.82, 2.24) is 0 Å². The Kier molecular flexibility index (Phi) is 5.39. The summed E-state index contributed by atoms with van der Waals surface area (Å²) in [5.74, 6) is 0. The van der Waals surface area contributed by atoms with Crippen LogP contribution in [0.5, 0.6) is 0 Å². The third kappa shape index (κ3) is 3.42. The summed E-state index contributed by atoms with van der Waals surface area (Å²) in [7, 11) is 0. The van der Waals surface area contributed by atoms with Gasteiger partial charge in [0.25, 0.3) is 0 Å². The molecule has 182 valence electrons. The molecule has 0 fully saturated rings. The molecule has 6 aromatic rings. The summed E-state index contributed by atoms with van der Waals surface area (Å²) in [6.07, 6.45) is 0. The van der Waals surface area contributed by atoms with Crippen LogP contribution in [0, 0.1) is 13.8 Å². The van der Waals surface area contributed by atoms with Crippen molar-refractivity contribution >= 4 is 26.7 Å². The highest BCUT2D eigenvalue weighted by atomic mass is 79.9. The molecule has 0 nitrogen and oxygen atoms in total. The Hall–Kier alpha value is -3.94. The molecular weight excluding hydrogens is 524 g/mol. The van der Waals surface area contributed by atoms with Gasteiger partial charge in [0.2, 0.25) is 0 Å². The predicted molar refractivity (Wildman–Crippen MR) is 164 cm³/mol. The van der Waals surface area contributed by atoms with E-state index in [0.29, 0.717) is 0 Å². The van der Waals surface area contributed by atoms with Gasteiger partial charge in [-0.05, 0) is 87.3 Å². The molecule has 1 aliphatic carbocycles. The Morgan fingerprint density at radius 1 is 0.474 bits per heavy atom. The quantitative estimate of drug-likeness (QED) is 0.205. The van der Waals surface area contributed by atoms with Crippen LogP contribution in [0.25, 0.3) is 33.0 Å². The highest BCUT2D eigenvalue weighted by Gasteiger charge is 2.46. The van der Waals surface area contributed by atoms with Crippen LogP contribution >= 0.6 is 15.9 Å². The Balaban J connectivity index is 1.56. The molecule has 1 aliphatic rings. The lowest BCUT2D eigenvalue weighted by atomic mass is 9.67. The first-order valence-electron chi connectivity index (χ1n) is 13.1. The van der Waals surface area contributed by atoms with Gasteiger partial charge in [0.05, 0.1) is 5.41 Å². The molecule has 38 heavy (non-hydrogen) atoms. The lowest BCUT2D eigenvalue weighted by Crippen LogP contribution is -2.28. The van der Waals surface area contributed by atoms with Gasteiger partial charge in [-0.2, -0.15) is 0 Å². The van der Waals surface area contributed by atoms with E-state index in [2.05, 4.69) is 157 Å². The Morgan fingerprint density at radius 3 is 1.68 bits per heavy atom. The number of fused-ring (bicyclic) bond motifs is 4. The molecule has 0 atom stereocenters. The molecule has 0 unspecified atom stereocenters. The van der Waals surface area contributed by atoms with Gasteiger partial charge in [-0.1, -0.05) is 136 Å². The van der Waals surface area contributed by atoms with Crippen LogP contribution in [0.15, 0.2) is 132 Å². The first-order chi connectivity index (χ1) is 18.6. The van der Waals surface area contributed by atoms with E-state index in [4.69, 9.17) is 0 Å². The van der Waals surface area contributed by atoms with Gasteiger partial charge in [0.15, 0.2) is 0 Å². The number of aryl methyl sites for hydroxylation is 2. The highest BCUT2D eigenvalue weighted by molar-refractivity contribution is 9.10. The molecule has 6 aromatic carbocycles. The smallest absolute Gasteiger partial charge is 0.0619 e. The summed E-state index contributed by atoms with van der Waals surface area (Å²) in [6, 6.07) is 47.4. The van der Waals surface area contributed by atoms with Crippen LogP contribution in [0.2, 0.25) is 0 Å². The first kappa shape index (κ1) is 23.2. The molecule has 0 saturated heterocycles. The lowest BCUT2D eigenvalue weighted by molar-refractivity contribution is 0.768. The zero-order chi connectivity index (χ0) is 25.9. The van der Waals surface area contributed by atoms with Gasteiger partial charge >= 0.3 is 0 Å². The van der Waals surface area contributed by atoms with Crippen molar-refractivity contribution in [3.8, 4) is 22.3 Å². The molecule has 0 radical (unpaired) electrons. The van der Waals surface area contributed by atoms with Crippen LogP contribution in [-0.2, 0) is 5.41 Å². The van der Waals surface area contributed by atoms with Crippen LogP contribution < -0.4 is 0 Å². The third-order valence-electron chi connectivity index (χ3n) is 8.16. The van der Waals surface area contributed by atoms with Gasteiger partial charge in [0, 0.05) is 4.47 Å². The minimum absolute atomic E-state index is 0.396. The van der Waals surface area contributed by atoms with Gasteiger partial charge in [-0.15, -0.1) is 0 Å². The fourth-order valence-electron chi connectivity index (χ4n) is 6.28. The van der Waals surface area contributed by atoms with Crippen LogP contribution in [-0.4, -0.2) is 0 Å². The molecule has 0 amide bonds. The highest BCUT2D eigenvalue weighted by Crippen LogP contribution is 2.57. The van der Waals surface area contributed by atoms with Crippen LogP contribution in [0.4, 0.5) is 0 Å². The zero-order valence-corrected chi connectivity index (χ0v) is 23.1. The maximum atomic E-state index is 3.90. The molecule has 0 bridgehead atoms. The summed E-state index contributed by atoms with van der Waals surface area (Å²) < 4.78 is 1.11. The van der Waals surface area contributed by atoms with Crippen molar-refractivity contribution in [2.24, 2.45) is 0 Å². The number of rotatable bonds is 3. The van der Waals surface area contributed by atoms with E-state index in [-0.39, 0.29) is 0 Å². The second-order valence-corrected chi connectivity index (χ2v) is 11.3. The molecule has 7 rings (SSSR count). The summed E-state index contributed by atoms with van der Waals surface area (Å²) in [6.45, 7) is 4.32. The van der Waals surface area contributed by atoms with E-state index in [1.54, 1.807) is 0 Å². The molecular formula is C37H27Br. The molecule has 1 heteroatoms. The van der Waals surface area contributed by atoms with E-state index < -0.39 is 5.41 Å². The predicted octanol–water partition coefficient (Wildman–Crippen LogP) is 10.2. The molecule has 0 spiro atoms. The average molecular weight is 552 g/mol. The second kappa shape index (κ2) is 8.82. The maximum absolute atomic E-state index is 3.90. The van der Waals surface area contributed by atoms with E-state index in [0.717, 1.165) is 4.47 Å². The topological polar surface area (TPSA) is 0 Å². The summed E-state index contributed by atoms with van der Waals surface area (Å²) in [5.41, 5.74) is 12.5. The minimum atomic E-state index is -0.396. The lowest BCUT2D eigenvalue weighted by Gasteiger charge is -2.34. The fourth-order valence-corrected chi connectivity index (χ4v) is 6.87. The third-order valence-corrected chi connectivity index (χ3v) is 8.82. The van der Waals surface area contributed by atoms with Gasteiger partial charge in [0.1, 0.15) is 0 Å². The summed E-state index contributed by atoms with van der Waals surface area (Å²) in [5, 5.41) is 2.49. The minimum Gasteiger partial charge on any atom is -0.0619 e. The standard InChI is InChI=1S/C37H27Br/c1-24-11-16-29(17-12-24)37(30-18-13-25(2)14-19-30)34-10-6-5-9-31(34)32-20-15-28(22-35(32)37)33-21-26-7-3-4-8-27(26)23-36(33)38/h3-23H,1-2H3. The molecule has 0 N–H and O–H groups in total. The Bertz CT molecular complexity index is 1780. The monoisotopic (exact) mass is 550 g/mol. The summed E-state index contributed by atoms with van der Waals surface area (Å²) in [4.78, 5) is 0. The number of halogens is 1. The van der Waals surface area contributed by atoms with Crippen molar-refractivity contribution in [3.05, 3.63) is 165 Å². The van der Waals surface area contributed by atoms with Crippen LogP contribution in [0.3, 0.4) is 0 Å². The van der Waals surface area contributed by atoms with Gasteiger partial charge < -0.3 is 0 Å². The molecule has 0 heterocycles. The summed E-state index contributed by atoms with van der Waals surface area (Å²) >= 11 is 3.90.